The molecule has 0 aliphatic rings. The maximum absolute atomic E-state index is 11.7. The third-order valence-corrected chi connectivity index (χ3v) is 5.32. The highest BCUT2D eigenvalue weighted by Gasteiger charge is 2.02. The number of allylic oxidation sites excluding steroid dienone is 4. The summed E-state index contributed by atoms with van der Waals surface area (Å²) in [6, 6.07) is 0. The fraction of sp³-hybridized carbons (Fsp3) is 0.815. The van der Waals surface area contributed by atoms with Crippen molar-refractivity contribution in [2.45, 2.75) is 136 Å². The van der Waals surface area contributed by atoms with E-state index in [1.807, 2.05) is 0 Å². The van der Waals surface area contributed by atoms with E-state index in [4.69, 9.17) is 4.74 Å². The van der Waals surface area contributed by atoms with Crippen molar-refractivity contribution in [3.63, 3.8) is 0 Å². The van der Waals surface area contributed by atoms with E-state index in [-0.39, 0.29) is 5.97 Å². The molecule has 0 aliphatic carbocycles. The quantitative estimate of drug-likeness (QED) is 0.102. The number of carbonyl (C=O) groups is 1. The molecule has 0 radical (unpaired) electrons. The van der Waals surface area contributed by atoms with Crippen molar-refractivity contribution >= 4 is 5.97 Å². The lowest BCUT2D eigenvalue weighted by atomic mass is 10.1. The van der Waals surface area contributed by atoms with Gasteiger partial charge in [-0.2, -0.15) is 0 Å². The van der Waals surface area contributed by atoms with Crippen LogP contribution in [0.25, 0.3) is 0 Å². The molecular formula is C27H50O2. The van der Waals surface area contributed by atoms with Crippen LogP contribution in [0.15, 0.2) is 24.3 Å². The lowest BCUT2D eigenvalue weighted by Gasteiger charge is -2.04. The maximum Gasteiger partial charge on any atom is 0.305 e. The third-order valence-electron chi connectivity index (χ3n) is 5.32. The number of hydrogen-bond acceptors (Lipinski definition) is 2. The number of rotatable bonds is 22. The van der Waals surface area contributed by atoms with E-state index in [1.54, 1.807) is 0 Å². The molecule has 0 bridgehead atoms. The van der Waals surface area contributed by atoms with Gasteiger partial charge in [-0.15, -0.1) is 0 Å². The topological polar surface area (TPSA) is 26.3 Å². The van der Waals surface area contributed by atoms with Crippen LogP contribution >= 0.6 is 0 Å². The molecule has 0 heterocycles. The Kier molecular flexibility index (Phi) is 24.1. The fourth-order valence-corrected chi connectivity index (χ4v) is 3.42. The Morgan fingerprint density at radius 3 is 1.66 bits per heavy atom. The van der Waals surface area contributed by atoms with E-state index >= 15 is 0 Å². The average molecular weight is 407 g/mol. The Bertz CT molecular complexity index is 384. The number of hydrogen-bond donors (Lipinski definition) is 0. The number of carbonyl (C=O) groups excluding carboxylic acids is 1. The van der Waals surface area contributed by atoms with Gasteiger partial charge in [0.05, 0.1) is 6.61 Å². The highest BCUT2D eigenvalue weighted by Crippen LogP contribution is 2.10. The molecule has 0 unspecified atom stereocenters. The van der Waals surface area contributed by atoms with E-state index in [0.29, 0.717) is 13.0 Å². The van der Waals surface area contributed by atoms with E-state index < -0.39 is 0 Å². The zero-order valence-corrected chi connectivity index (χ0v) is 19.8. The van der Waals surface area contributed by atoms with Crippen LogP contribution in [0.1, 0.15) is 136 Å². The van der Waals surface area contributed by atoms with Crippen molar-refractivity contribution in [3.05, 3.63) is 24.3 Å². The Morgan fingerprint density at radius 1 is 0.586 bits per heavy atom. The van der Waals surface area contributed by atoms with Crippen molar-refractivity contribution in [3.8, 4) is 0 Å². The predicted octanol–water partition coefficient (Wildman–Crippen LogP) is 9.09. The summed E-state index contributed by atoms with van der Waals surface area (Å²) in [7, 11) is 0. The summed E-state index contributed by atoms with van der Waals surface area (Å²) >= 11 is 0. The Balaban J connectivity index is 3.22. The largest absolute Gasteiger partial charge is 0.466 e. The van der Waals surface area contributed by atoms with Gasteiger partial charge in [-0.3, -0.25) is 4.79 Å². The Labute approximate surface area is 182 Å². The minimum atomic E-state index is -0.00601. The number of esters is 1. The van der Waals surface area contributed by atoms with Crippen LogP contribution in [0, 0.1) is 0 Å². The lowest BCUT2D eigenvalue weighted by Crippen LogP contribution is -2.05. The van der Waals surface area contributed by atoms with Crippen molar-refractivity contribution < 1.29 is 9.53 Å². The van der Waals surface area contributed by atoms with Gasteiger partial charge in [0.1, 0.15) is 0 Å². The first-order chi connectivity index (χ1) is 14.3. The van der Waals surface area contributed by atoms with E-state index in [1.165, 1.54) is 77.0 Å². The zero-order chi connectivity index (χ0) is 21.3. The van der Waals surface area contributed by atoms with E-state index in [9.17, 15) is 4.79 Å². The van der Waals surface area contributed by atoms with Gasteiger partial charge in [0.15, 0.2) is 0 Å². The van der Waals surface area contributed by atoms with Crippen molar-refractivity contribution in [2.75, 3.05) is 6.61 Å². The highest BCUT2D eigenvalue weighted by molar-refractivity contribution is 5.69. The molecule has 29 heavy (non-hydrogen) atoms. The molecule has 0 aromatic rings. The summed E-state index contributed by atoms with van der Waals surface area (Å²) in [5.41, 5.74) is 0. The van der Waals surface area contributed by atoms with Gasteiger partial charge in [0, 0.05) is 6.42 Å². The first-order valence-electron chi connectivity index (χ1n) is 12.8. The molecule has 0 aliphatic heterocycles. The summed E-state index contributed by atoms with van der Waals surface area (Å²) in [5.74, 6) is -0.00601. The third kappa shape index (κ3) is 24.9. The zero-order valence-electron chi connectivity index (χ0n) is 19.8. The normalized spacial score (nSPS) is 11.7. The van der Waals surface area contributed by atoms with Crippen LogP contribution in [-0.4, -0.2) is 12.6 Å². The second-order valence-corrected chi connectivity index (χ2v) is 8.28. The van der Waals surface area contributed by atoms with Gasteiger partial charge >= 0.3 is 5.97 Å². The second-order valence-electron chi connectivity index (χ2n) is 8.28. The van der Waals surface area contributed by atoms with Crippen LogP contribution < -0.4 is 0 Å². The summed E-state index contributed by atoms with van der Waals surface area (Å²) in [4.78, 5) is 11.7. The summed E-state index contributed by atoms with van der Waals surface area (Å²) in [5, 5.41) is 0. The van der Waals surface area contributed by atoms with Crippen LogP contribution in [0.3, 0.4) is 0 Å². The van der Waals surface area contributed by atoms with Crippen LogP contribution in [0.2, 0.25) is 0 Å². The van der Waals surface area contributed by atoms with Crippen LogP contribution in [0.4, 0.5) is 0 Å². The SMILES string of the molecule is CC/C=C\CCCCCOC(=O)CCCCCCC/C=C\CCCCCCCC. The van der Waals surface area contributed by atoms with Gasteiger partial charge in [0.2, 0.25) is 0 Å². The molecule has 170 valence electrons. The summed E-state index contributed by atoms with van der Waals surface area (Å²) in [6.45, 7) is 5.03. The molecule has 0 rings (SSSR count). The molecule has 0 fully saturated rings. The predicted molar refractivity (Wildman–Crippen MR) is 128 cm³/mol. The fourth-order valence-electron chi connectivity index (χ4n) is 3.42. The molecule has 0 atom stereocenters. The highest BCUT2D eigenvalue weighted by atomic mass is 16.5. The molecule has 0 N–H and O–H groups in total. The molecule has 0 saturated carbocycles. The molecule has 0 spiro atoms. The summed E-state index contributed by atoms with van der Waals surface area (Å²) < 4.78 is 5.32. The van der Waals surface area contributed by atoms with E-state index in [0.717, 1.165) is 38.5 Å². The van der Waals surface area contributed by atoms with Gasteiger partial charge < -0.3 is 4.74 Å². The van der Waals surface area contributed by atoms with Crippen LogP contribution in [0.5, 0.6) is 0 Å². The van der Waals surface area contributed by atoms with E-state index in [2.05, 4.69) is 38.2 Å². The smallest absolute Gasteiger partial charge is 0.305 e. The van der Waals surface area contributed by atoms with Crippen molar-refractivity contribution in [1.29, 1.82) is 0 Å². The van der Waals surface area contributed by atoms with Gasteiger partial charge in [-0.05, 0) is 64.2 Å². The monoisotopic (exact) mass is 406 g/mol. The molecule has 2 heteroatoms. The number of unbranched alkanes of at least 4 members (excludes halogenated alkanes) is 14. The Hall–Kier alpha value is -1.05. The molecule has 2 nitrogen and oxygen atoms in total. The molecule has 0 aromatic heterocycles. The lowest BCUT2D eigenvalue weighted by molar-refractivity contribution is -0.143. The minimum absolute atomic E-state index is 0.00601. The Morgan fingerprint density at radius 2 is 1.07 bits per heavy atom. The second kappa shape index (κ2) is 25.0. The minimum Gasteiger partial charge on any atom is -0.466 e. The average Bonchev–Trinajstić information content (AvgIpc) is 2.72. The van der Waals surface area contributed by atoms with Gasteiger partial charge in [0.25, 0.3) is 0 Å². The molecule has 0 aromatic carbocycles. The summed E-state index contributed by atoms with van der Waals surface area (Å²) in [6.07, 6.45) is 32.1. The number of ether oxygens (including phenoxy) is 1. The molecule has 0 amide bonds. The van der Waals surface area contributed by atoms with Crippen LogP contribution in [-0.2, 0) is 9.53 Å². The first kappa shape index (κ1) is 27.9. The molecular weight excluding hydrogens is 356 g/mol. The van der Waals surface area contributed by atoms with Gasteiger partial charge in [-0.25, -0.2) is 0 Å². The molecule has 0 saturated heterocycles. The van der Waals surface area contributed by atoms with Crippen molar-refractivity contribution in [1.82, 2.24) is 0 Å². The van der Waals surface area contributed by atoms with Crippen molar-refractivity contribution in [2.24, 2.45) is 0 Å². The first-order valence-corrected chi connectivity index (χ1v) is 12.8. The van der Waals surface area contributed by atoms with Gasteiger partial charge in [-0.1, -0.05) is 89.5 Å². The standard InChI is InChI=1S/C27H50O2/c1-3-5-7-9-11-12-13-14-15-16-17-18-19-21-23-25-27(28)29-26-24-22-20-10-8-6-4-2/h6,8,14-15H,3-5,7,9-13,16-26H2,1-2H3/b8-6-,15-14-. The maximum atomic E-state index is 11.7.